The highest BCUT2D eigenvalue weighted by atomic mass is 32.2. The van der Waals surface area contributed by atoms with Gasteiger partial charge < -0.3 is 4.90 Å². The maximum Gasteiger partial charge on any atom is 0.241 e. The first-order chi connectivity index (χ1) is 11.3. The highest BCUT2D eigenvalue weighted by Gasteiger charge is 2.21. The van der Waals surface area contributed by atoms with E-state index in [1.165, 1.54) is 4.31 Å². The lowest BCUT2D eigenvalue weighted by molar-refractivity contribution is 0.336. The molecule has 0 aliphatic rings. The van der Waals surface area contributed by atoms with Crippen molar-refractivity contribution in [1.29, 1.82) is 0 Å². The van der Waals surface area contributed by atoms with E-state index in [0.29, 0.717) is 24.2 Å². The number of aryl methyl sites for hydroxylation is 3. The Hall–Kier alpha value is -1.00. The van der Waals surface area contributed by atoms with Gasteiger partial charge in [-0.05, 0) is 46.0 Å². The summed E-state index contributed by atoms with van der Waals surface area (Å²) in [5, 5.41) is 0. The van der Waals surface area contributed by atoms with Gasteiger partial charge in [0.2, 0.25) is 20.0 Å². The van der Waals surface area contributed by atoms with Crippen LogP contribution >= 0.6 is 0 Å². The minimum absolute atomic E-state index is 0.0234. The van der Waals surface area contributed by atoms with Crippen LogP contribution in [0.2, 0.25) is 0 Å². The summed E-state index contributed by atoms with van der Waals surface area (Å²) >= 11 is 0. The third kappa shape index (κ3) is 6.67. The second-order valence-corrected chi connectivity index (χ2v) is 10.3. The van der Waals surface area contributed by atoms with Crippen LogP contribution in [0, 0.1) is 20.8 Å². The average molecular weight is 392 g/mol. The van der Waals surface area contributed by atoms with Gasteiger partial charge in [-0.15, -0.1) is 0 Å². The molecule has 0 bridgehead atoms. The fourth-order valence-electron chi connectivity index (χ4n) is 2.72. The zero-order valence-electron chi connectivity index (χ0n) is 15.8. The van der Waals surface area contributed by atoms with Crippen molar-refractivity contribution in [2.45, 2.75) is 25.7 Å². The monoisotopic (exact) mass is 391 g/mol. The first-order valence-electron chi connectivity index (χ1n) is 8.02. The Balaban J connectivity index is 2.85. The Bertz CT molecular complexity index is 780. The molecule has 1 aromatic carbocycles. The molecule has 1 aromatic rings. The molecule has 0 saturated heterocycles. The summed E-state index contributed by atoms with van der Waals surface area (Å²) in [6.07, 6.45) is 1.13. The lowest BCUT2D eigenvalue weighted by atomic mass is 10.1. The normalized spacial score (nSPS) is 13.0. The minimum Gasteiger partial charge on any atom is -0.308 e. The van der Waals surface area contributed by atoms with Gasteiger partial charge in [0.25, 0.3) is 0 Å². The molecule has 0 fully saturated rings. The lowest BCUT2D eigenvalue weighted by Crippen LogP contribution is -2.41. The van der Waals surface area contributed by atoms with Crippen LogP contribution < -0.4 is 4.72 Å². The molecular formula is C16H29N3O4S2. The second kappa shape index (κ2) is 8.59. The Morgan fingerprint density at radius 2 is 1.44 bits per heavy atom. The standard InChI is InChI=1S/C16H29N3O4S2/c1-13-11-14(2)16(15(3)12-13)25(22,23)17-7-8-19(24(6,20)21)10-9-18(4)5/h11-12,17H,7-10H2,1-6H3. The van der Waals surface area contributed by atoms with Gasteiger partial charge in [0, 0.05) is 26.2 Å². The van der Waals surface area contributed by atoms with E-state index in [9.17, 15) is 16.8 Å². The van der Waals surface area contributed by atoms with Gasteiger partial charge in [-0.2, -0.15) is 4.31 Å². The van der Waals surface area contributed by atoms with Crippen molar-refractivity contribution in [2.24, 2.45) is 0 Å². The molecular weight excluding hydrogens is 362 g/mol. The number of hydrogen-bond donors (Lipinski definition) is 1. The fraction of sp³-hybridized carbons (Fsp3) is 0.625. The van der Waals surface area contributed by atoms with Crippen LogP contribution in [-0.4, -0.2) is 72.6 Å². The molecule has 0 unspecified atom stereocenters. The molecule has 0 radical (unpaired) electrons. The molecule has 9 heteroatoms. The molecule has 144 valence electrons. The van der Waals surface area contributed by atoms with E-state index in [-0.39, 0.29) is 18.0 Å². The molecule has 7 nitrogen and oxygen atoms in total. The highest BCUT2D eigenvalue weighted by molar-refractivity contribution is 7.89. The topological polar surface area (TPSA) is 86.8 Å². The molecule has 1 N–H and O–H groups in total. The zero-order valence-corrected chi connectivity index (χ0v) is 17.5. The van der Waals surface area contributed by atoms with Gasteiger partial charge in [-0.25, -0.2) is 21.6 Å². The van der Waals surface area contributed by atoms with Crippen molar-refractivity contribution < 1.29 is 16.8 Å². The number of rotatable bonds is 9. The van der Waals surface area contributed by atoms with Gasteiger partial charge in [0.15, 0.2) is 0 Å². The summed E-state index contributed by atoms with van der Waals surface area (Å²) in [5.74, 6) is 0. The molecule has 0 aliphatic carbocycles. The van der Waals surface area contributed by atoms with Crippen LogP contribution in [-0.2, 0) is 20.0 Å². The number of sulfonamides is 2. The largest absolute Gasteiger partial charge is 0.308 e. The second-order valence-electron chi connectivity index (χ2n) is 6.59. The maximum absolute atomic E-state index is 12.6. The van der Waals surface area contributed by atoms with E-state index in [2.05, 4.69) is 4.72 Å². The zero-order chi connectivity index (χ0) is 19.4. The molecule has 0 aromatic heterocycles. The van der Waals surface area contributed by atoms with Crippen LogP contribution in [0.1, 0.15) is 16.7 Å². The van der Waals surface area contributed by atoms with Crippen LogP contribution in [0.15, 0.2) is 17.0 Å². The molecule has 0 heterocycles. The SMILES string of the molecule is Cc1cc(C)c(S(=O)(=O)NCCN(CCN(C)C)S(C)(=O)=O)c(C)c1. The number of benzene rings is 1. The van der Waals surface area contributed by atoms with Gasteiger partial charge >= 0.3 is 0 Å². The van der Waals surface area contributed by atoms with Crippen molar-refractivity contribution >= 4 is 20.0 Å². The molecule has 0 atom stereocenters. The smallest absolute Gasteiger partial charge is 0.241 e. The maximum atomic E-state index is 12.6. The first-order valence-corrected chi connectivity index (χ1v) is 11.3. The average Bonchev–Trinajstić information content (AvgIpc) is 2.39. The summed E-state index contributed by atoms with van der Waals surface area (Å²) in [7, 11) is -3.38. The quantitative estimate of drug-likeness (QED) is 0.670. The van der Waals surface area contributed by atoms with E-state index in [1.807, 2.05) is 38.1 Å². The van der Waals surface area contributed by atoms with Crippen LogP contribution in [0.5, 0.6) is 0 Å². The number of nitrogens with one attached hydrogen (secondary N) is 1. The van der Waals surface area contributed by atoms with Crippen LogP contribution in [0.25, 0.3) is 0 Å². The van der Waals surface area contributed by atoms with Gasteiger partial charge in [0.05, 0.1) is 11.2 Å². The van der Waals surface area contributed by atoms with Crippen LogP contribution in [0.3, 0.4) is 0 Å². The number of hydrogen-bond acceptors (Lipinski definition) is 5. The van der Waals surface area contributed by atoms with Crippen LogP contribution in [0.4, 0.5) is 0 Å². The predicted octanol–water partition coefficient (Wildman–Crippen LogP) is 0.713. The third-order valence-corrected chi connectivity index (χ3v) is 6.86. The first kappa shape index (κ1) is 22.0. The summed E-state index contributed by atoms with van der Waals surface area (Å²) in [6.45, 7) is 6.43. The summed E-state index contributed by atoms with van der Waals surface area (Å²) in [5.41, 5.74) is 2.36. The Kier molecular flexibility index (Phi) is 7.57. The number of nitrogens with zero attached hydrogens (tertiary/aromatic N) is 2. The van der Waals surface area contributed by atoms with Crippen molar-refractivity contribution in [3.63, 3.8) is 0 Å². The third-order valence-electron chi connectivity index (χ3n) is 3.79. The van der Waals surface area contributed by atoms with Crippen molar-refractivity contribution in [2.75, 3.05) is 46.5 Å². The van der Waals surface area contributed by atoms with E-state index >= 15 is 0 Å². The highest BCUT2D eigenvalue weighted by Crippen LogP contribution is 2.21. The van der Waals surface area contributed by atoms with Gasteiger partial charge in [0.1, 0.15) is 0 Å². The molecule has 25 heavy (non-hydrogen) atoms. The lowest BCUT2D eigenvalue weighted by Gasteiger charge is -2.22. The van der Waals surface area contributed by atoms with Crippen molar-refractivity contribution in [1.82, 2.24) is 13.9 Å². The van der Waals surface area contributed by atoms with E-state index in [1.54, 1.807) is 13.8 Å². The fourth-order valence-corrected chi connectivity index (χ4v) is 5.03. The van der Waals surface area contributed by atoms with Gasteiger partial charge in [-0.3, -0.25) is 0 Å². The van der Waals surface area contributed by atoms with Crippen molar-refractivity contribution in [3.8, 4) is 0 Å². The molecule has 0 spiro atoms. The summed E-state index contributed by atoms with van der Waals surface area (Å²) in [6, 6.07) is 3.64. The molecule has 0 saturated carbocycles. The Morgan fingerprint density at radius 1 is 0.920 bits per heavy atom. The van der Waals surface area contributed by atoms with Gasteiger partial charge in [-0.1, -0.05) is 17.7 Å². The Morgan fingerprint density at radius 3 is 1.88 bits per heavy atom. The van der Waals surface area contributed by atoms with E-state index in [4.69, 9.17) is 0 Å². The van der Waals surface area contributed by atoms with E-state index < -0.39 is 20.0 Å². The molecule has 0 aliphatic heterocycles. The molecule has 1 rings (SSSR count). The minimum atomic E-state index is -3.69. The van der Waals surface area contributed by atoms with E-state index in [0.717, 1.165) is 11.8 Å². The van der Waals surface area contributed by atoms with Crippen molar-refractivity contribution in [3.05, 3.63) is 28.8 Å². The summed E-state index contributed by atoms with van der Waals surface area (Å²) < 4.78 is 52.7. The summed E-state index contributed by atoms with van der Waals surface area (Å²) in [4.78, 5) is 2.14. The number of likely N-dealkylation sites (N-methyl/N-ethyl adjacent to an activating group) is 1. The predicted molar refractivity (Wildman–Crippen MR) is 101 cm³/mol. The Labute approximate surface area is 152 Å². The molecule has 0 amide bonds.